The molecule has 0 N–H and O–H groups in total. The van der Waals surface area contributed by atoms with Crippen molar-refractivity contribution in [1.82, 2.24) is 4.90 Å². The van der Waals surface area contributed by atoms with Crippen LogP contribution in [0, 0.1) is 6.92 Å². The number of fused-ring (bicyclic) bond motifs is 4. The van der Waals surface area contributed by atoms with Crippen molar-refractivity contribution in [2.75, 3.05) is 13.5 Å². The van der Waals surface area contributed by atoms with Crippen LogP contribution in [-0.2, 0) is 13.1 Å². The molecule has 33 heavy (non-hydrogen) atoms. The Morgan fingerprint density at radius 2 is 1.73 bits per heavy atom. The molecule has 3 aromatic carbocycles. The second-order valence-corrected chi connectivity index (χ2v) is 8.67. The van der Waals surface area contributed by atoms with Crippen LogP contribution in [0.3, 0.4) is 0 Å². The summed E-state index contributed by atoms with van der Waals surface area (Å²) in [6, 6.07) is 16.8. The van der Waals surface area contributed by atoms with Crippen molar-refractivity contribution < 1.29 is 18.6 Å². The molecule has 0 radical (unpaired) electrons. The van der Waals surface area contributed by atoms with Crippen LogP contribution in [-0.4, -0.2) is 18.4 Å². The third-order valence-electron chi connectivity index (χ3n) is 6.06. The molecule has 0 fully saturated rings. The minimum Gasteiger partial charge on any atom is -0.478 e. The number of hydrogen-bond acceptors (Lipinski definition) is 6. The number of benzene rings is 3. The summed E-state index contributed by atoms with van der Waals surface area (Å²) in [6.45, 7) is 3.78. The number of ether oxygens (including phenoxy) is 3. The van der Waals surface area contributed by atoms with Crippen molar-refractivity contribution in [2.24, 2.45) is 0 Å². The zero-order chi connectivity index (χ0) is 22.5. The molecular weight excluding hydrogens is 442 g/mol. The molecule has 0 amide bonds. The molecule has 0 bridgehead atoms. The fourth-order valence-electron chi connectivity index (χ4n) is 4.47. The van der Waals surface area contributed by atoms with Gasteiger partial charge in [-0.25, -0.2) is 0 Å². The van der Waals surface area contributed by atoms with Gasteiger partial charge in [0.2, 0.25) is 12.2 Å². The summed E-state index contributed by atoms with van der Waals surface area (Å²) < 4.78 is 23.1. The minimum atomic E-state index is -0.0632. The number of aryl methyl sites for hydroxylation is 1. The highest BCUT2D eigenvalue weighted by Gasteiger charge is 2.24. The van der Waals surface area contributed by atoms with E-state index < -0.39 is 0 Å². The van der Waals surface area contributed by atoms with E-state index in [0.717, 1.165) is 33.9 Å². The first kappa shape index (κ1) is 20.1. The maximum atomic E-state index is 13.4. The van der Waals surface area contributed by atoms with Crippen LogP contribution in [0.2, 0.25) is 5.02 Å². The third kappa shape index (κ3) is 3.52. The largest absolute Gasteiger partial charge is 0.478 e. The summed E-state index contributed by atoms with van der Waals surface area (Å²) in [6.07, 6.45) is 0. The molecule has 0 saturated heterocycles. The molecule has 3 heterocycles. The van der Waals surface area contributed by atoms with E-state index in [2.05, 4.69) is 4.90 Å². The van der Waals surface area contributed by atoms with Gasteiger partial charge < -0.3 is 18.6 Å². The van der Waals surface area contributed by atoms with Crippen molar-refractivity contribution in [3.05, 3.63) is 86.7 Å². The molecular formula is C26H20ClNO5. The first-order chi connectivity index (χ1) is 16.1. The van der Waals surface area contributed by atoms with E-state index in [4.69, 9.17) is 30.2 Å². The highest BCUT2D eigenvalue weighted by atomic mass is 35.5. The highest BCUT2D eigenvalue weighted by molar-refractivity contribution is 6.30. The van der Waals surface area contributed by atoms with Crippen LogP contribution in [0.5, 0.6) is 17.2 Å². The van der Waals surface area contributed by atoms with Gasteiger partial charge in [-0.1, -0.05) is 29.8 Å². The number of nitrogens with zero attached hydrogens (tertiary/aromatic N) is 1. The van der Waals surface area contributed by atoms with E-state index in [1.54, 1.807) is 18.2 Å². The van der Waals surface area contributed by atoms with E-state index in [9.17, 15) is 4.79 Å². The predicted molar refractivity (Wildman–Crippen MR) is 125 cm³/mol. The second-order valence-electron chi connectivity index (χ2n) is 8.24. The normalized spacial score (nSPS) is 14.8. The molecule has 2 aliphatic rings. The molecule has 0 saturated carbocycles. The molecule has 0 unspecified atom stereocenters. The van der Waals surface area contributed by atoms with E-state index in [-0.39, 0.29) is 12.2 Å². The summed E-state index contributed by atoms with van der Waals surface area (Å²) in [7, 11) is 0. The fraction of sp³-hybridized carbons (Fsp3) is 0.192. The van der Waals surface area contributed by atoms with Crippen molar-refractivity contribution in [2.45, 2.75) is 20.0 Å². The monoisotopic (exact) mass is 461 g/mol. The molecule has 0 spiro atoms. The average molecular weight is 462 g/mol. The van der Waals surface area contributed by atoms with Gasteiger partial charge in [0.15, 0.2) is 11.5 Å². The van der Waals surface area contributed by atoms with Crippen LogP contribution in [0.1, 0.15) is 16.9 Å². The summed E-state index contributed by atoms with van der Waals surface area (Å²) in [5.41, 5.74) is 3.81. The Hall–Kier alpha value is -3.48. The molecule has 1 aromatic heterocycles. The summed E-state index contributed by atoms with van der Waals surface area (Å²) in [5.74, 6) is 2.83. The lowest BCUT2D eigenvalue weighted by Crippen LogP contribution is -2.31. The van der Waals surface area contributed by atoms with Gasteiger partial charge in [0.1, 0.15) is 23.8 Å². The van der Waals surface area contributed by atoms with Crippen LogP contribution in [0.25, 0.3) is 22.1 Å². The van der Waals surface area contributed by atoms with Gasteiger partial charge in [-0.2, -0.15) is 0 Å². The van der Waals surface area contributed by atoms with Gasteiger partial charge in [-0.3, -0.25) is 9.69 Å². The SMILES string of the molecule is Cc1oc2c3c(ccc2c(=O)c1-c1ccc(Cl)cc1)OCN(Cc1ccc2c(c1)OCO2)C3. The predicted octanol–water partition coefficient (Wildman–Crippen LogP) is 5.50. The van der Waals surface area contributed by atoms with E-state index >= 15 is 0 Å². The Labute approximate surface area is 194 Å². The zero-order valence-electron chi connectivity index (χ0n) is 17.9. The van der Waals surface area contributed by atoms with Gasteiger partial charge in [-0.15, -0.1) is 0 Å². The van der Waals surface area contributed by atoms with Crippen LogP contribution < -0.4 is 19.6 Å². The van der Waals surface area contributed by atoms with Gasteiger partial charge in [-0.05, 0) is 54.4 Å². The lowest BCUT2D eigenvalue weighted by atomic mass is 10.0. The van der Waals surface area contributed by atoms with Crippen molar-refractivity contribution in [3.63, 3.8) is 0 Å². The Kier molecular flexibility index (Phi) is 4.78. The molecule has 6 nitrogen and oxygen atoms in total. The first-order valence-electron chi connectivity index (χ1n) is 10.7. The van der Waals surface area contributed by atoms with E-state index in [0.29, 0.717) is 47.1 Å². The Morgan fingerprint density at radius 3 is 2.58 bits per heavy atom. The van der Waals surface area contributed by atoms with Crippen LogP contribution >= 0.6 is 11.6 Å². The van der Waals surface area contributed by atoms with E-state index in [1.807, 2.05) is 43.3 Å². The third-order valence-corrected chi connectivity index (χ3v) is 6.31. The molecule has 7 heteroatoms. The van der Waals surface area contributed by atoms with Gasteiger partial charge in [0, 0.05) is 18.1 Å². The Bertz CT molecular complexity index is 1440. The average Bonchev–Trinajstić information content (AvgIpc) is 3.28. The molecule has 4 aromatic rings. The molecule has 0 aliphatic carbocycles. The molecule has 6 rings (SSSR count). The van der Waals surface area contributed by atoms with Crippen molar-refractivity contribution in [1.29, 1.82) is 0 Å². The first-order valence-corrected chi connectivity index (χ1v) is 11.0. The standard InChI is InChI=1S/C26H20ClNO5/c1-15-24(17-3-5-18(27)6-4-17)25(29)19-7-9-21-20(26(19)33-15)12-28(13-30-21)11-16-2-8-22-23(10-16)32-14-31-22/h2-10H,11-14H2,1H3. The topological polar surface area (TPSA) is 61.1 Å². The van der Waals surface area contributed by atoms with Crippen LogP contribution in [0.15, 0.2) is 63.8 Å². The molecule has 166 valence electrons. The van der Waals surface area contributed by atoms with Crippen molar-refractivity contribution >= 4 is 22.6 Å². The lowest BCUT2D eigenvalue weighted by molar-refractivity contribution is 0.0889. The number of halogens is 1. The maximum Gasteiger partial charge on any atom is 0.231 e. The highest BCUT2D eigenvalue weighted by Crippen LogP contribution is 2.36. The Balaban J connectivity index is 1.36. The number of hydrogen-bond donors (Lipinski definition) is 0. The fourth-order valence-corrected chi connectivity index (χ4v) is 4.59. The second kappa shape index (κ2) is 7.83. The molecule has 2 aliphatic heterocycles. The summed E-state index contributed by atoms with van der Waals surface area (Å²) in [4.78, 5) is 15.6. The zero-order valence-corrected chi connectivity index (χ0v) is 18.6. The van der Waals surface area contributed by atoms with Crippen LogP contribution in [0.4, 0.5) is 0 Å². The Morgan fingerprint density at radius 1 is 0.939 bits per heavy atom. The smallest absolute Gasteiger partial charge is 0.231 e. The van der Waals surface area contributed by atoms with E-state index in [1.165, 1.54) is 0 Å². The van der Waals surface area contributed by atoms with Gasteiger partial charge in [0.25, 0.3) is 0 Å². The molecule has 0 atom stereocenters. The summed E-state index contributed by atoms with van der Waals surface area (Å²) in [5, 5.41) is 1.16. The maximum absolute atomic E-state index is 13.4. The lowest BCUT2D eigenvalue weighted by Gasteiger charge is -2.29. The number of rotatable bonds is 3. The van der Waals surface area contributed by atoms with Gasteiger partial charge in [0.05, 0.1) is 16.5 Å². The van der Waals surface area contributed by atoms with Gasteiger partial charge >= 0.3 is 0 Å². The summed E-state index contributed by atoms with van der Waals surface area (Å²) >= 11 is 6.02. The quantitative estimate of drug-likeness (QED) is 0.401. The minimum absolute atomic E-state index is 0.0632. The van der Waals surface area contributed by atoms with Crippen molar-refractivity contribution in [3.8, 4) is 28.4 Å².